The normalized spacial score (nSPS) is 12.9. The lowest BCUT2D eigenvalue weighted by Gasteiger charge is -2.12. The minimum absolute atomic E-state index is 0.465. The molecule has 0 saturated heterocycles. The molecule has 2 nitrogen and oxygen atoms in total. The lowest BCUT2D eigenvalue weighted by molar-refractivity contribution is 0.433. The van der Waals surface area contributed by atoms with Crippen molar-refractivity contribution in [1.29, 1.82) is 0 Å². The Hall–Kier alpha value is -0.470. The van der Waals surface area contributed by atoms with Gasteiger partial charge in [0.15, 0.2) is 5.22 Å². The van der Waals surface area contributed by atoms with E-state index in [2.05, 4.69) is 19.2 Å². The third-order valence-corrected chi connectivity index (χ3v) is 2.95. The van der Waals surface area contributed by atoms with Crippen molar-refractivity contribution < 1.29 is 4.42 Å². The third kappa shape index (κ3) is 5.57. The molecule has 1 aromatic rings. The molecular formula is C13H22ClNO. The number of hydrogen-bond acceptors (Lipinski definition) is 2. The van der Waals surface area contributed by atoms with Gasteiger partial charge in [-0.15, -0.1) is 0 Å². The summed E-state index contributed by atoms with van der Waals surface area (Å²) in [6.07, 6.45) is 6.53. The zero-order chi connectivity index (χ0) is 11.8. The number of rotatable bonds is 8. The molecule has 1 unspecified atom stereocenters. The zero-order valence-electron chi connectivity index (χ0n) is 10.3. The number of unbranched alkanes of at least 4 members (excludes halogenated alkanes) is 3. The minimum Gasteiger partial charge on any atom is -0.448 e. The van der Waals surface area contributed by atoms with E-state index in [1.54, 1.807) is 6.07 Å². The number of nitrogens with one attached hydrogen (secondary N) is 1. The van der Waals surface area contributed by atoms with Gasteiger partial charge in [0.2, 0.25) is 0 Å². The molecule has 0 radical (unpaired) electrons. The van der Waals surface area contributed by atoms with Gasteiger partial charge in [0.25, 0.3) is 0 Å². The maximum absolute atomic E-state index is 5.70. The van der Waals surface area contributed by atoms with E-state index in [9.17, 15) is 0 Å². The molecule has 0 amide bonds. The molecule has 0 fully saturated rings. The van der Waals surface area contributed by atoms with E-state index in [1.165, 1.54) is 32.1 Å². The fraction of sp³-hybridized carbons (Fsp3) is 0.692. The van der Waals surface area contributed by atoms with Gasteiger partial charge in [-0.2, -0.15) is 0 Å². The Morgan fingerprint density at radius 1 is 1.31 bits per heavy atom. The van der Waals surface area contributed by atoms with Crippen LogP contribution in [0.5, 0.6) is 0 Å². The molecule has 16 heavy (non-hydrogen) atoms. The molecule has 1 N–H and O–H groups in total. The highest BCUT2D eigenvalue weighted by Crippen LogP contribution is 2.13. The summed E-state index contributed by atoms with van der Waals surface area (Å²) in [7, 11) is 0. The van der Waals surface area contributed by atoms with Gasteiger partial charge < -0.3 is 9.73 Å². The predicted octanol–water partition coefficient (Wildman–Crippen LogP) is 4.38. The molecule has 92 valence electrons. The SMILES string of the molecule is CCCCCCC(C)NCc1ccc(Cl)o1. The van der Waals surface area contributed by atoms with Gasteiger partial charge in [-0.05, 0) is 37.1 Å². The van der Waals surface area contributed by atoms with Crippen molar-refractivity contribution in [1.82, 2.24) is 5.32 Å². The molecule has 1 atom stereocenters. The maximum Gasteiger partial charge on any atom is 0.193 e. The molecule has 0 spiro atoms. The van der Waals surface area contributed by atoms with E-state index in [1.807, 2.05) is 6.07 Å². The van der Waals surface area contributed by atoms with E-state index in [-0.39, 0.29) is 0 Å². The number of hydrogen-bond donors (Lipinski definition) is 1. The monoisotopic (exact) mass is 243 g/mol. The predicted molar refractivity (Wildman–Crippen MR) is 68.8 cm³/mol. The van der Waals surface area contributed by atoms with Crippen molar-refractivity contribution in [3.05, 3.63) is 23.1 Å². The first-order valence-electron chi connectivity index (χ1n) is 6.20. The fourth-order valence-corrected chi connectivity index (χ4v) is 1.86. The van der Waals surface area contributed by atoms with Crippen LogP contribution in [0.1, 0.15) is 51.7 Å². The lowest BCUT2D eigenvalue weighted by Crippen LogP contribution is -2.25. The Kier molecular flexibility index (Phi) is 6.58. The van der Waals surface area contributed by atoms with E-state index < -0.39 is 0 Å². The van der Waals surface area contributed by atoms with Crippen molar-refractivity contribution in [3.63, 3.8) is 0 Å². The van der Waals surface area contributed by atoms with Crippen LogP contribution in [0.2, 0.25) is 5.22 Å². The van der Waals surface area contributed by atoms with Gasteiger partial charge in [0, 0.05) is 6.04 Å². The smallest absolute Gasteiger partial charge is 0.193 e. The zero-order valence-corrected chi connectivity index (χ0v) is 11.0. The van der Waals surface area contributed by atoms with Crippen molar-refractivity contribution >= 4 is 11.6 Å². The average Bonchev–Trinajstić information content (AvgIpc) is 2.68. The molecular weight excluding hydrogens is 222 g/mol. The van der Waals surface area contributed by atoms with Crippen molar-refractivity contribution in [2.45, 2.75) is 58.5 Å². The molecule has 1 aromatic heterocycles. The summed E-state index contributed by atoms with van der Waals surface area (Å²) in [6.45, 7) is 5.22. The highest BCUT2D eigenvalue weighted by Gasteiger charge is 2.03. The van der Waals surface area contributed by atoms with Crippen LogP contribution in [0.3, 0.4) is 0 Å². The fourth-order valence-electron chi connectivity index (χ4n) is 1.70. The maximum atomic E-state index is 5.70. The van der Waals surface area contributed by atoms with Crippen molar-refractivity contribution in [2.24, 2.45) is 0 Å². The summed E-state index contributed by atoms with van der Waals surface area (Å²) < 4.78 is 5.28. The molecule has 0 aliphatic carbocycles. The Bertz CT molecular complexity index is 285. The molecule has 1 rings (SSSR count). The minimum atomic E-state index is 0.465. The Labute approximate surface area is 103 Å². The van der Waals surface area contributed by atoms with Crippen LogP contribution in [-0.2, 0) is 6.54 Å². The standard InChI is InChI=1S/C13H22ClNO/c1-3-4-5-6-7-11(2)15-10-12-8-9-13(14)16-12/h8-9,11,15H,3-7,10H2,1-2H3. The second-order valence-electron chi connectivity index (χ2n) is 4.34. The molecule has 1 heterocycles. The highest BCUT2D eigenvalue weighted by atomic mass is 35.5. The van der Waals surface area contributed by atoms with Gasteiger partial charge in [0.1, 0.15) is 5.76 Å². The largest absolute Gasteiger partial charge is 0.448 e. The van der Waals surface area contributed by atoms with E-state index in [4.69, 9.17) is 16.0 Å². The molecule has 0 bridgehead atoms. The van der Waals surface area contributed by atoms with Gasteiger partial charge in [-0.25, -0.2) is 0 Å². The first-order chi connectivity index (χ1) is 7.72. The number of halogens is 1. The first kappa shape index (κ1) is 13.6. The van der Waals surface area contributed by atoms with Crippen LogP contribution < -0.4 is 5.32 Å². The van der Waals surface area contributed by atoms with E-state index in [0.717, 1.165) is 12.3 Å². The van der Waals surface area contributed by atoms with Crippen LogP contribution >= 0.6 is 11.6 Å². The summed E-state index contributed by atoms with van der Waals surface area (Å²) in [6, 6.07) is 4.24. The summed E-state index contributed by atoms with van der Waals surface area (Å²) in [5.41, 5.74) is 0. The van der Waals surface area contributed by atoms with Gasteiger partial charge in [0.05, 0.1) is 6.54 Å². The molecule has 0 aliphatic rings. The Balaban J connectivity index is 2.08. The van der Waals surface area contributed by atoms with Crippen LogP contribution in [0.25, 0.3) is 0 Å². The molecule has 0 aliphatic heterocycles. The van der Waals surface area contributed by atoms with Crippen LogP contribution in [0.4, 0.5) is 0 Å². The Morgan fingerprint density at radius 2 is 2.12 bits per heavy atom. The molecule has 3 heteroatoms. The van der Waals surface area contributed by atoms with Crippen LogP contribution in [0, 0.1) is 0 Å². The highest BCUT2D eigenvalue weighted by molar-refractivity contribution is 6.28. The second kappa shape index (κ2) is 7.75. The topological polar surface area (TPSA) is 25.2 Å². The van der Waals surface area contributed by atoms with Gasteiger partial charge in [-0.1, -0.05) is 32.6 Å². The number of furan rings is 1. The van der Waals surface area contributed by atoms with E-state index in [0.29, 0.717) is 11.3 Å². The summed E-state index contributed by atoms with van der Waals surface area (Å²) >= 11 is 5.70. The van der Waals surface area contributed by atoms with Crippen molar-refractivity contribution in [2.75, 3.05) is 0 Å². The summed E-state index contributed by atoms with van der Waals surface area (Å²) in [4.78, 5) is 0. The lowest BCUT2D eigenvalue weighted by atomic mass is 10.1. The first-order valence-corrected chi connectivity index (χ1v) is 6.57. The summed E-state index contributed by atoms with van der Waals surface area (Å²) in [5.74, 6) is 0.908. The van der Waals surface area contributed by atoms with Crippen LogP contribution in [0.15, 0.2) is 16.5 Å². The summed E-state index contributed by atoms with van der Waals surface area (Å²) in [5, 5.41) is 3.90. The molecule has 0 aromatic carbocycles. The van der Waals surface area contributed by atoms with Gasteiger partial charge >= 0.3 is 0 Å². The second-order valence-corrected chi connectivity index (χ2v) is 4.71. The van der Waals surface area contributed by atoms with E-state index >= 15 is 0 Å². The van der Waals surface area contributed by atoms with Gasteiger partial charge in [-0.3, -0.25) is 0 Å². The molecule has 0 saturated carbocycles. The van der Waals surface area contributed by atoms with Crippen LogP contribution in [-0.4, -0.2) is 6.04 Å². The third-order valence-electron chi connectivity index (χ3n) is 2.74. The van der Waals surface area contributed by atoms with Crippen molar-refractivity contribution in [3.8, 4) is 0 Å². The Morgan fingerprint density at radius 3 is 2.75 bits per heavy atom. The average molecular weight is 244 g/mol. The quantitative estimate of drug-likeness (QED) is 0.686.